The molecule has 2 heterocycles. The zero-order valence-electron chi connectivity index (χ0n) is 8.60. The molecule has 0 unspecified atom stereocenters. The molecule has 2 radical (unpaired) electrons. The fourth-order valence-corrected chi connectivity index (χ4v) is 1.71. The van der Waals surface area contributed by atoms with E-state index in [4.69, 9.17) is 24.8 Å². The van der Waals surface area contributed by atoms with Gasteiger partial charge in [-0.15, -0.1) is 0 Å². The third-order valence-corrected chi connectivity index (χ3v) is 2.59. The minimum Gasteiger partial charge on any atom is -0.351 e. The van der Waals surface area contributed by atoms with Crippen molar-refractivity contribution in [1.29, 1.82) is 5.26 Å². The topological polar surface area (TPSA) is 56.0 Å². The second kappa shape index (κ2) is 4.68. The molecule has 0 aliphatic carbocycles. The fourth-order valence-electron chi connectivity index (χ4n) is 1.53. The number of piperazine rings is 1. The standard InChI is InChI=1S/C9H9BClN5/c10-16-3-1-15(2-4-16)9-13-7(6-12)5-8(11)14-9/h5H,1-4H2. The van der Waals surface area contributed by atoms with Crippen LogP contribution in [0.15, 0.2) is 6.07 Å². The second-order valence-electron chi connectivity index (χ2n) is 3.51. The lowest BCUT2D eigenvalue weighted by Crippen LogP contribution is -2.45. The highest BCUT2D eigenvalue weighted by Gasteiger charge is 2.17. The lowest BCUT2D eigenvalue weighted by atomic mass is 10.2. The quantitative estimate of drug-likeness (QED) is 0.513. The van der Waals surface area contributed by atoms with E-state index < -0.39 is 0 Å². The van der Waals surface area contributed by atoms with Gasteiger partial charge >= 0.3 is 0 Å². The van der Waals surface area contributed by atoms with Crippen molar-refractivity contribution in [2.24, 2.45) is 0 Å². The van der Waals surface area contributed by atoms with Crippen molar-refractivity contribution in [2.75, 3.05) is 31.1 Å². The van der Waals surface area contributed by atoms with Crippen molar-refractivity contribution in [2.45, 2.75) is 0 Å². The Morgan fingerprint density at radius 3 is 2.62 bits per heavy atom. The van der Waals surface area contributed by atoms with Crippen molar-refractivity contribution in [3.63, 3.8) is 0 Å². The maximum absolute atomic E-state index is 8.78. The Hall–Kier alpha value is -1.32. The second-order valence-corrected chi connectivity index (χ2v) is 3.90. The first-order chi connectivity index (χ1) is 7.69. The molecule has 1 aliphatic rings. The molecule has 2 rings (SSSR count). The van der Waals surface area contributed by atoms with Crippen LogP contribution < -0.4 is 4.90 Å². The van der Waals surface area contributed by atoms with E-state index in [1.807, 2.05) is 11.0 Å². The van der Waals surface area contributed by atoms with Crippen LogP contribution in [0, 0.1) is 11.3 Å². The van der Waals surface area contributed by atoms with Crippen LogP contribution in [0.3, 0.4) is 0 Å². The molecule has 0 atom stereocenters. The molecule has 0 spiro atoms. The van der Waals surface area contributed by atoms with Gasteiger partial charge in [0.05, 0.1) is 0 Å². The summed E-state index contributed by atoms with van der Waals surface area (Å²) in [6, 6.07) is 3.41. The van der Waals surface area contributed by atoms with Crippen LogP contribution in [0.2, 0.25) is 5.15 Å². The number of nitriles is 1. The van der Waals surface area contributed by atoms with Crippen LogP contribution in [-0.4, -0.2) is 48.9 Å². The van der Waals surface area contributed by atoms with E-state index in [2.05, 4.69) is 9.97 Å². The Labute approximate surface area is 100 Å². The number of anilines is 1. The largest absolute Gasteiger partial charge is 0.351 e. The summed E-state index contributed by atoms with van der Waals surface area (Å²) in [5.41, 5.74) is 0.283. The average Bonchev–Trinajstić information content (AvgIpc) is 2.29. The van der Waals surface area contributed by atoms with E-state index in [0.717, 1.165) is 26.2 Å². The van der Waals surface area contributed by atoms with Crippen LogP contribution in [0.4, 0.5) is 5.95 Å². The molecule has 0 bridgehead atoms. The maximum Gasteiger partial charge on any atom is 0.228 e. The first kappa shape index (κ1) is 11.2. The van der Waals surface area contributed by atoms with Gasteiger partial charge in [-0.05, 0) is 0 Å². The van der Waals surface area contributed by atoms with Gasteiger partial charge in [-0.2, -0.15) is 5.26 Å². The molecular formula is C9H9BClN5. The normalized spacial score (nSPS) is 17.1. The monoisotopic (exact) mass is 233 g/mol. The van der Waals surface area contributed by atoms with Crippen molar-refractivity contribution < 1.29 is 0 Å². The van der Waals surface area contributed by atoms with Crippen molar-refractivity contribution >= 4 is 25.5 Å². The first-order valence-corrected chi connectivity index (χ1v) is 5.26. The van der Waals surface area contributed by atoms with Gasteiger partial charge in [0.1, 0.15) is 16.9 Å². The average molecular weight is 233 g/mol. The molecule has 1 aromatic heterocycles. The van der Waals surface area contributed by atoms with Gasteiger partial charge in [-0.1, -0.05) is 11.6 Å². The zero-order valence-corrected chi connectivity index (χ0v) is 9.35. The van der Waals surface area contributed by atoms with Gasteiger partial charge in [0.25, 0.3) is 0 Å². The van der Waals surface area contributed by atoms with Gasteiger partial charge < -0.3 is 9.71 Å². The number of aromatic nitrogens is 2. The van der Waals surface area contributed by atoms with Crippen molar-refractivity contribution in [3.05, 3.63) is 16.9 Å². The smallest absolute Gasteiger partial charge is 0.228 e. The van der Waals surface area contributed by atoms with E-state index in [-0.39, 0.29) is 10.8 Å². The lowest BCUT2D eigenvalue weighted by molar-refractivity contribution is 0.411. The molecule has 1 saturated heterocycles. The van der Waals surface area contributed by atoms with E-state index in [1.165, 1.54) is 6.07 Å². The van der Waals surface area contributed by atoms with Crippen molar-refractivity contribution in [1.82, 2.24) is 14.8 Å². The molecule has 1 aliphatic heterocycles. The lowest BCUT2D eigenvalue weighted by Gasteiger charge is -2.32. The molecule has 0 aromatic carbocycles. The van der Waals surface area contributed by atoms with Crippen molar-refractivity contribution in [3.8, 4) is 6.07 Å². The number of halogens is 1. The Morgan fingerprint density at radius 1 is 1.31 bits per heavy atom. The van der Waals surface area contributed by atoms with Crippen LogP contribution in [0.5, 0.6) is 0 Å². The minimum absolute atomic E-state index is 0.283. The van der Waals surface area contributed by atoms with Gasteiger partial charge in [0.15, 0.2) is 7.98 Å². The summed E-state index contributed by atoms with van der Waals surface area (Å²) in [5, 5.41) is 9.07. The SMILES string of the molecule is [B]N1CCN(c2nc(Cl)cc(C#N)n2)CC1. The highest BCUT2D eigenvalue weighted by Crippen LogP contribution is 2.15. The zero-order chi connectivity index (χ0) is 11.5. The molecule has 0 saturated carbocycles. The van der Waals surface area contributed by atoms with Crippen LogP contribution in [-0.2, 0) is 0 Å². The predicted octanol–water partition coefficient (Wildman–Crippen LogP) is 0.207. The highest BCUT2D eigenvalue weighted by molar-refractivity contribution is 6.29. The molecule has 0 N–H and O–H groups in total. The summed E-state index contributed by atoms with van der Waals surface area (Å²) in [6.07, 6.45) is 0. The summed E-state index contributed by atoms with van der Waals surface area (Å²) in [7, 11) is 5.65. The number of hydrogen-bond acceptors (Lipinski definition) is 5. The number of rotatable bonds is 1. The van der Waals surface area contributed by atoms with Crippen LogP contribution >= 0.6 is 11.6 Å². The van der Waals surface area contributed by atoms with E-state index >= 15 is 0 Å². The van der Waals surface area contributed by atoms with Gasteiger partial charge in [-0.3, -0.25) is 0 Å². The number of hydrogen-bond donors (Lipinski definition) is 0. The molecule has 16 heavy (non-hydrogen) atoms. The van der Waals surface area contributed by atoms with E-state index in [1.54, 1.807) is 4.81 Å². The minimum atomic E-state index is 0.283. The third kappa shape index (κ3) is 2.43. The Morgan fingerprint density at radius 2 is 2.00 bits per heavy atom. The summed E-state index contributed by atoms with van der Waals surface area (Å²) in [4.78, 5) is 11.9. The first-order valence-electron chi connectivity index (χ1n) is 4.88. The molecule has 1 fully saturated rings. The predicted molar refractivity (Wildman–Crippen MR) is 61.3 cm³/mol. The molecule has 0 amide bonds. The van der Waals surface area contributed by atoms with E-state index in [9.17, 15) is 0 Å². The Balaban J connectivity index is 2.20. The summed E-state index contributed by atoms with van der Waals surface area (Å²) >= 11 is 5.81. The highest BCUT2D eigenvalue weighted by atomic mass is 35.5. The summed E-state index contributed by atoms with van der Waals surface area (Å²) in [6.45, 7) is 2.97. The summed E-state index contributed by atoms with van der Waals surface area (Å²) in [5.74, 6) is 0.497. The Bertz CT molecular complexity index is 424. The fraction of sp³-hybridized carbons (Fsp3) is 0.444. The van der Waals surface area contributed by atoms with Crippen LogP contribution in [0.25, 0.3) is 0 Å². The molecule has 1 aromatic rings. The third-order valence-electron chi connectivity index (χ3n) is 2.39. The molecule has 7 heteroatoms. The molecule has 5 nitrogen and oxygen atoms in total. The maximum atomic E-state index is 8.78. The van der Waals surface area contributed by atoms with E-state index in [0.29, 0.717) is 5.95 Å². The van der Waals surface area contributed by atoms with Gasteiger partial charge in [0.2, 0.25) is 5.95 Å². The number of nitrogens with zero attached hydrogens (tertiary/aromatic N) is 5. The molecule has 80 valence electrons. The summed E-state index contributed by atoms with van der Waals surface area (Å²) < 4.78 is 0. The molecular weight excluding hydrogens is 224 g/mol. The van der Waals surface area contributed by atoms with Crippen LogP contribution in [0.1, 0.15) is 5.69 Å². The van der Waals surface area contributed by atoms with Gasteiger partial charge in [0, 0.05) is 32.2 Å². The Kier molecular flexibility index (Phi) is 3.27. The van der Waals surface area contributed by atoms with Gasteiger partial charge in [-0.25, -0.2) is 9.97 Å².